The van der Waals surface area contributed by atoms with Crippen molar-refractivity contribution in [3.8, 4) is 0 Å². The van der Waals surface area contributed by atoms with Crippen molar-refractivity contribution in [1.82, 2.24) is 10.0 Å². The number of nitro groups is 1. The number of nitro benzene ring substituents is 1. The Morgan fingerprint density at radius 1 is 1.45 bits per heavy atom. The maximum Gasteiger partial charge on any atom is 0.292 e. The highest BCUT2D eigenvalue weighted by Crippen LogP contribution is 2.26. The van der Waals surface area contributed by atoms with Crippen molar-refractivity contribution in [2.45, 2.75) is 24.2 Å². The third-order valence-corrected chi connectivity index (χ3v) is 5.18. The molecule has 1 aliphatic rings. The minimum Gasteiger partial charge on any atom is -0.316 e. The molecule has 0 aliphatic carbocycles. The van der Waals surface area contributed by atoms with Crippen molar-refractivity contribution in [2.75, 3.05) is 19.6 Å². The fraction of sp³-hybridized carbons (Fsp3) is 0.538. The van der Waals surface area contributed by atoms with Crippen molar-refractivity contribution >= 4 is 15.7 Å². The molecule has 9 heteroatoms. The normalized spacial score (nSPS) is 19.0. The quantitative estimate of drug-likeness (QED) is 0.606. The van der Waals surface area contributed by atoms with Crippen LogP contribution in [-0.4, -0.2) is 33.0 Å². The van der Waals surface area contributed by atoms with Crippen LogP contribution in [0, 0.1) is 21.8 Å². The van der Waals surface area contributed by atoms with Gasteiger partial charge in [-0.3, -0.25) is 10.1 Å². The van der Waals surface area contributed by atoms with E-state index in [4.69, 9.17) is 0 Å². The van der Waals surface area contributed by atoms with Crippen LogP contribution in [-0.2, 0) is 10.0 Å². The molecule has 2 rings (SSSR count). The fourth-order valence-corrected chi connectivity index (χ4v) is 3.82. The zero-order chi connectivity index (χ0) is 16.2. The van der Waals surface area contributed by atoms with Gasteiger partial charge >= 0.3 is 0 Å². The van der Waals surface area contributed by atoms with Crippen LogP contribution in [0.1, 0.15) is 19.3 Å². The highest BCUT2D eigenvalue weighted by molar-refractivity contribution is 7.89. The predicted octanol–water partition coefficient (Wildman–Crippen LogP) is 1.40. The summed E-state index contributed by atoms with van der Waals surface area (Å²) in [6, 6.07) is 2.98. The third-order valence-electron chi connectivity index (χ3n) is 3.66. The minimum atomic E-state index is -4.25. The number of sulfonamides is 1. The minimum absolute atomic E-state index is 0.125. The lowest BCUT2D eigenvalue weighted by atomic mass is 9.96. The maximum absolute atomic E-state index is 13.8. The predicted molar refractivity (Wildman–Crippen MR) is 78.5 cm³/mol. The third kappa shape index (κ3) is 3.99. The monoisotopic (exact) mass is 331 g/mol. The highest BCUT2D eigenvalue weighted by Gasteiger charge is 2.29. The summed E-state index contributed by atoms with van der Waals surface area (Å²) in [5.41, 5.74) is -0.758. The SMILES string of the molecule is O=[N+]([O-])c1cccc(F)c1S(=O)(=O)NCCC1CCCNC1. The van der Waals surface area contributed by atoms with Crippen molar-refractivity contribution in [1.29, 1.82) is 0 Å². The van der Waals surface area contributed by atoms with E-state index in [-0.39, 0.29) is 6.54 Å². The number of rotatable bonds is 6. The van der Waals surface area contributed by atoms with Gasteiger partial charge in [-0.15, -0.1) is 0 Å². The Labute approximate surface area is 128 Å². The van der Waals surface area contributed by atoms with Crippen LogP contribution in [0.2, 0.25) is 0 Å². The summed E-state index contributed by atoms with van der Waals surface area (Å²) in [6.07, 6.45) is 2.65. The molecule has 0 saturated carbocycles. The number of piperidine rings is 1. The van der Waals surface area contributed by atoms with E-state index in [9.17, 15) is 22.9 Å². The van der Waals surface area contributed by atoms with Crippen LogP contribution >= 0.6 is 0 Å². The number of benzene rings is 1. The van der Waals surface area contributed by atoms with Gasteiger partial charge in [-0.05, 0) is 44.3 Å². The van der Waals surface area contributed by atoms with Gasteiger partial charge in [0.2, 0.25) is 10.0 Å². The Morgan fingerprint density at radius 3 is 2.86 bits per heavy atom. The van der Waals surface area contributed by atoms with Crippen LogP contribution in [0.3, 0.4) is 0 Å². The number of hydrogen-bond acceptors (Lipinski definition) is 5. The molecule has 0 amide bonds. The Kier molecular flexibility index (Phi) is 5.43. The molecular formula is C13H18FN3O4S. The Morgan fingerprint density at radius 2 is 2.23 bits per heavy atom. The second-order valence-electron chi connectivity index (χ2n) is 5.24. The largest absolute Gasteiger partial charge is 0.316 e. The van der Waals surface area contributed by atoms with Gasteiger partial charge in [-0.2, -0.15) is 0 Å². The molecule has 0 aromatic heterocycles. The van der Waals surface area contributed by atoms with Gasteiger partial charge < -0.3 is 5.32 Å². The van der Waals surface area contributed by atoms with E-state index in [1.165, 1.54) is 0 Å². The summed E-state index contributed by atoms with van der Waals surface area (Å²) in [6.45, 7) is 1.91. The molecule has 1 saturated heterocycles. The summed E-state index contributed by atoms with van der Waals surface area (Å²) >= 11 is 0. The van der Waals surface area contributed by atoms with Gasteiger partial charge in [0.25, 0.3) is 5.69 Å². The van der Waals surface area contributed by atoms with Gasteiger partial charge in [0.05, 0.1) is 4.92 Å². The Bertz CT molecular complexity index is 645. The summed E-state index contributed by atoms with van der Waals surface area (Å²) < 4.78 is 40.3. The Hall–Kier alpha value is -1.58. The molecular weight excluding hydrogens is 313 g/mol. The molecule has 1 fully saturated rings. The Balaban J connectivity index is 2.08. The van der Waals surface area contributed by atoms with E-state index >= 15 is 0 Å². The molecule has 122 valence electrons. The first-order valence-electron chi connectivity index (χ1n) is 7.05. The molecule has 0 radical (unpaired) electrons. The van der Waals surface area contributed by atoms with Crippen molar-refractivity contribution in [3.05, 3.63) is 34.1 Å². The second-order valence-corrected chi connectivity index (χ2v) is 6.95. The van der Waals surface area contributed by atoms with Crippen molar-refractivity contribution in [3.63, 3.8) is 0 Å². The van der Waals surface area contributed by atoms with E-state index in [1.54, 1.807) is 0 Å². The van der Waals surface area contributed by atoms with E-state index in [1.807, 2.05) is 0 Å². The number of halogens is 1. The average molecular weight is 331 g/mol. The molecule has 2 N–H and O–H groups in total. The first-order valence-corrected chi connectivity index (χ1v) is 8.53. The second kappa shape index (κ2) is 7.12. The maximum atomic E-state index is 13.8. The smallest absolute Gasteiger partial charge is 0.292 e. The molecule has 1 atom stereocenters. The van der Waals surface area contributed by atoms with Gasteiger partial charge in [0.1, 0.15) is 5.82 Å². The summed E-state index contributed by atoms with van der Waals surface area (Å²) in [5, 5.41) is 14.1. The lowest BCUT2D eigenvalue weighted by molar-refractivity contribution is -0.388. The first-order chi connectivity index (χ1) is 10.4. The van der Waals surface area contributed by atoms with Gasteiger partial charge in [0.15, 0.2) is 4.90 Å². The van der Waals surface area contributed by atoms with Crippen LogP contribution < -0.4 is 10.0 Å². The van der Waals surface area contributed by atoms with Crippen molar-refractivity contribution in [2.24, 2.45) is 5.92 Å². The van der Waals surface area contributed by atoms with Gasteiger partial charge in [-0.25, -0.2) is 17.5 Å². The summed E-state index contributed by atoms with van der Waals surface area (Å²) in [5.74, 6) is -0.770. The van der Waals surface area contributed by atoms with Crippen LogP contribution in [0.5, 0.6) is 0 Å². The average Bonchev–Trinajstić information content (AvgIpc) is 2.47. The highest BCUT2D eigenvalue weighted by atomic mass is 32.2. The molecule has 0 bridgehead atoms. The molecule has 7 nitrogen and oxygen atoms in total. The zero-order valence-electron chi connectivity index (χ0n) is 11.9. The fourth-order valence-electron chi connectivity index (χ4n) is 2.55. The van der Waals surface area contributed by atoms with Crippen LogP contribution in [0.15, 0.2) is 23.1 Å². The molecule has 0 spiro atoms. The number of hydrogen-bond donors (Lipinski definition) is 2. The molecule has 1 heterocycles. The van der Waals surface area contributed by atoms with Gasteiger partial charge in [0, 0.05) is 12.6 Å². The molecule has 1 aromatic rings. The topological polar surface area (TPSA) is 101 Å². The lowest BCUT2D eigenvalue weighted by Gasteiger charge is -2.22. The van der Waals surface area contributed by atoms with E-state index in [0.717, 1.165) is 44.1 Å². The van der Waals surface area contributed by atoms with Crippen molar-refractivity contribution < 1.29 is 17.7 Å². The first kappa shape index (κ1) is 16.8. The van der Waals surface area contributed by atoms with E-state index < -0.39 is 31.3 Å². The molecule has 1 aliphatic heterocycles. The molecule has 22 heavy (non-hydrogen) atoms. The van der Waals surface area contributed by atoms with Gasteiger partial charge in [-0.1, -0.05) is 6.07 Å². The molecule has 1 aromatic carbocycles. The van der Waals surface area contributed by atoms with E-state index in [0.29, 0.717) is 12.3 Å². The van der Waals surface area contributed by atoms with Crippen LogP contribution in [0.25, 0.3) is 0 Å². The summed E-state index contributed by atoms with van der Waals surface area (Å²) in [7, 11) is -4.25. The molecule has 1 unspecified atom stereocenters. The van der Waals surface area contributed by atoms with Crippen LogP contribution in [0.4, 0.5) is 10.1 Å². The number of nitrogens with zero attached hydrogens (tertiary/aromatic N) is 1. The number of nitrogens with one attached hydrogen (secondary N) is 2. The lowest BCUT2D eigenvalue weighted by Crippen LogP contribution is -2.33. The summed E-state index contributed by atoms with van der Waals surface area (Å²) in [4.78, 5) is 9.08. The zero-order valence-corrected chi connectivity index (χ0v) is 12.7. The van der Waals surface area contributed by atoms with E-state index in [2.05, 4.69) is 10.0 Å². The standard InChI is InChI=1S/C13H18FN3O4S/c14-11-4-1-5-12(17(18)19)13(11)22(20,21)16-8-6-10-3-2-7-15-9-10/h1,4-5,10,15-16H,2-3,6-9H2.